The van der Waals surface area contributed by atoms with Gasteiger partial charge in [0.15, 0.2) is 5.11 Å². The zero-order chi connectivity index (χ0) is 9.72. The van der Waals surface area contributed by atoms with Crippen molar-refractivity contribution in [3.05, 3.63) is 11.6 Å². The number of hydrogen-bond donors (Lipinski definition) is 1. The monoisotopic (exact) mass is 186 g/mol. The van der Waals surface area contributed by atoms with Crippen molar-refractivity contribution in [1.82, 2.24) is 10.2 Å². The molecule has 1 amide bonds. The lowest BCUT2D eigenvalue weighted by atomic mass is 10.3. The molecular weight excluding hydrogens is 172 g/mol. The zero-order valence-electron chi connectivity index (χ0n) is 7.84. The lowest BCUT2D eigenvalue weighted by Crippen LogP contribution is -2.37. The fourth-order valence-corrected chi connectivity index (χ4v) is 0.616. The fraction of sp³-hybridized carbons (Fsp3) is 0.500. The molecule has 0 radical (unpaired) electrons. The average Bonchev–Trinajstić information content (AvgIpc) is 1.84. The largest absolute Gasteiger partial charge is 0.355 e. The van der Waals surface area contributed by atoms with Crippen LogP contribution in [0.1, 0.15) is 13.8 Å². The molecular formula is C8H14N2OS. The van der Waals surface area contributed by atoms with Gasteiger partial charge in [-0.15, -0.1) is 0 Å². The normalized spacial score (nSPS) is 8.67. The van der Waals surface area contributed by atoms with Gasteiger partial charge in [0, 0.05) is 20.2 Å². The van der Waals surface area contributed by atoms with Gasteiger partial charge in [-0.3, -0.25) is 10.1 Å². The van der Waals surface area contributed by atoms with E-state index < -0.39 is 0 Å². The number of amides is 1. The van der Waals surface area contributed by atoms with Crippen LogP contribution in [0.2, 0.25) is 0 Å². The minimum absolute atomic E-state index is 0.172. The van der Waals surface area contributed by atoms with Crippen LogP contribution in [0.15, 0.2) is 11.6 Å². The van der Waals surface area contributed by atoms with E-state index in [1.54, 1.807) is 19.0 Å². The van der Waals surface area contributed by atoms with E-state index in [1.807, 2.05) is 13.8 Å². The zero-order valence-corrected chi connectivity index (χ0v) is 8.66. The van der Waals surface area contributed by atoms with E-state index in [0.29, 0.717) is 5.11 Å². The minimum atomic E-state index is -0.172. The maximum atomic E-state index is 11.1. The molecule has 0 aromatic carbocycles. The van der Waals surface area contributed by atoms with Crippen molar-refractivity contribution in [1.29, 1.82) is 0 Å². The summed E-state index contributed by atoms with van der Waals surface area (Å²) in [7, 11) is 3.57. The van der Waals surface area contributed by atoms with E-state index in [1.165, 1.54) is 6.08 Å². The SMILES string of the molecule is CC(C)=CC(=O)NC(=S)N(C)C. The Kier molecular flexibility index (Phi) is 4.51. The highest BCUT2D eigenvalue weighted by atomic mass is 32.1. The van der Waals surface area contributed by atoms with E-state index in [-0.39, 0.29) is 5.91 Å². The second-order valence-electron chi connectivity index (χ2n) is 2.91. The van der Waals surface area contributed by atoms with E-state index in [2.05, 4.69) is 5.32 Å². The summed E-state index contributed by atoms with van der Waals surface area (Å²) in [5.41, 5.74) is 0.953. The average molecular weight is 186 g/mol. The van der Waals surface area contributed by atoms with Crippen LogP contribution in [0.4, 0.5) is 0 Å². The predicted octanol–water partition coefficient (Wildman–Crippen LogP) is 0.915. The molecule has 0 saturated carbocycles. The summed E-state index contributed by atoms with van der Waals surface area (Å²) in [6, 6.07) is 0. The first kappa shape index (κ1) is 11.1. The molecule has 12 heavy (non-hydrogen) atoms. The molecule has 0 saturated heterocycles. The Bertz CT molecular complexity index is 217. The summed E-state index contributed by atoms with van der Waals surface area (Å²) >= 11 is 4.87. The van der Waals surface area contributed by atoms with Gasteiger partial charge in [-0.05, 0) is 26.1 Å². The van der Waals surface area contributed by atoms with Crippen molar-refractivity contribution in [2.75, 3.05) is 14.1 Å². The van der Waals surface area contributed by atoms with Crippen LogP contribution in [-0.2, 0) is 4.79 Å². The maximum Gasteiger partial charge on any atom is 0.250 e. The molecule has 0 aliphatic heterocycles. The van der Waals surface area contributed by atoms with Crippen LogP contribution >= 0.6 is 12.2 Å². The number of carbonyl (C=O) groups is 1. The summed E-state index contributed by atoms with van der Waals surface area (Å²) in [6.45, 7) is 3.72. The van der Waals surface area contributed by atoms with Gasteiger partial charge in [0.25, 0.3) is 0 Å². The molecule has 0 heterocycles. The summed E-state index contributed by atoms with van der Waals surface area (Å²) in [5.74, 6) is -0.172. The van der Waals surface area contributed by atoms with Crippen molar-refractivity contribution < 1.29 is 4.79 Å². The second-order valence-corrected chi connectivity index (χ2v) is 3.30. The Morgan fingerprint density at radius 3 is 2.25 bits per heavy atom. The standard InChI is InChI=1S/C8H14N2OS/c1-6(2)5-7(11)9-8(12)10(3)4/h5H,1-4H3,(H,9,11,12). The Morgan fingerprint density at radius 1 is 1.42 bits per heavy atom. The van der Waals surface area contributed by atoms with Gasteiger partial charge in [0.1, 0.15) is 0 Å². The third-order valence-electron chi connectivity index (χ3n) is 1.06. The Morgan fingerprint density at radius 2 is 1.92 bits per heavy atom. The number of hydrogen-bond acceptors (Lipinski definition) is 2. The molecule has 0 unspecified atom stereocenters. The van der Waals surface area contributed by atoms with Gasteiger partial charge in [-0.2, -0.15) is 0 Å². The molecule has 0 aliphatic rings. The third kappa shape index (κ3) is 4.85. The molecule has 0 atom stereocenters. The Hall–Kier alpha value is -0.900. The van der Waals surface area contributed by atoms with Gasteiger partial charge >= 0.3 is 0 Å². The van der Waals surface area contributed by atoms with E-state index in [0.717, 1.165) is 5.57 Å². The molecule has 68 valence electrons. The molecule has 0 spiro atoms. The Labute approximate surface area is 78.4 Å². The summed E-state index contributed by atoms with van der Waals surface area (Å²) < 4.78 is 0. The van der Waals surface area contributed by atoms with E-state index >= 15 is 0 Å². The summed E-state index contributed by atoms with van der Waals surface area (Å²) in [5, 5.41) is 2.98. The lowest BCUT2D eigenvalue weighted by Gasteiger charge is -2.12. The molecule has 4 heteroatoms. The number of allylic oxidation sites excluding steroid dienone is 1. The van der Waals surface area contributed by atoms with Crippen LogP contribution < -0.4 is 5.32 Å². The summed E-state index contributed by atoms with van der Waals surface area (Å²) in [4.78, 5) is 12.7. The number of carbonyl (C=O) groups excluding carboxylic acids is 1. The molecule has 1 N–H and O–H groups in total. The first-order valence-corrected chi connectivity index (χ1v) is 4.01. The van der Waals surface area contributed by atoms with Crippen molar-refractivity contribution in [2.45, 2.75) is 13.8 Å². The van der Waals surface area contributed by atoms with Crippen LogP contribution in [0.25, 0.3) is 0 Å². The second kappa shape index (κ2) is 4.87. The van der Waals surface area contributed by atoms with Crippen molar-refractivity contribution in [3.8, 4) is 0 Å². The van der Waals surface area contributed by atoms with E-state index in [9.17, 15) is 4.79 Å². The summed E-state index contributed by atoms with van der Waals surface area (Å²) in [6.07, 6.45) is 1.51. The van der Waals surface area contributed by atoms with Crippen LogP contribution in [0.3, 0.4) is 0 Å². The maximum absolute atomic E-state index is 11.1. The van der Waals surface area contributed by atoms with Crippen LogP contribution in [0.5, 0.6) is 0 Å². The van der Waals surface area contributed by atoms with Crippen molar-refractivity contribution >= 4 is 23.2 Å². The number of nitrogens with zero attached hydrogens (tertiary/aromatic N) is 1. The Balaban J connectivity index is 4.03. The molecule has 0 aliphatic carbocycles. The molecule has 0 fully saturated rings. The van der Waals surface area contributed by atoms with Crippen molar-refractivity contribution in [2.24, 2.45) is 0 Å². The minimum Gasteiger partial charge on any atom is -0.355 e. The number of rotatable bonds is 1. The van der Waals surface area contributed by atoms with Gasteiger partial charge < -0.3 is 4.90 Å². The molecule has 0 aromatic rings. The van der Waals surface area contributed by atoms with Gasteiger partial charge in [-0.1, -0.05) is 5.57 Å². The topological polar surface area (TPSA) is 32.3 Å². The molecule has 0 bridgehead atoms. The molecule has 0 rings (SSSR count). The fourth-order valence-electron chi connectivity index (χ4n) is 0.515. The highest BCUT2D eigenvalue weighted by molar-refractivity contribution is 7.80. The first-order chi connectivity index (χ1) is 5.43. The van der Waals surface area contributed by atoms with Crippen LogP contribution in [-0.4, -0.2) is 30.0 Å². The highest BCUT2D eigenvalue weighted by Gasteiger charge is 2.01. The van der Waals surface area contributed by atoms with Crippen LogP contribution in [0, 0.1) is 0 Å². The molecule has 3 nitrogen and oxygen atoms in total. The highest BCUT2D eigenvalue weighted by Crippen LogP contribution is 1.88. The number of thiocarbonyl (C=S) groups is 1. The predicted molar refractivity (Wildman–Crippen MR) is 53.9 cm³/mol. The number of nitrogens with one attached hydrogen (secondary N) is 1. The van der Waals surface area contributed by atoms with Gasteiger partial charge in [-0.25, -0.2) is 0 Å². The third-order valence-corrected chi connectivity index (χ3v) is 1.52. The molecule has 0 aromatic heterocycles. The van der Waals surface area contributed by atoms with Gasteiger partial charge in [0.2, 0.25) is 5.91 Å². The smallest absolute Gasteiger partial charge is 0.250 e. The van der Waals surface area contributed by atoms with E-state index in [4.69, 9.17) is 12.2 Å². The lowest BCUT2D eigenvalue weighted by molar-refractivity contribution is -0.115. The van der Waals surface area contributed by atoms with Gasteiger partial charge in [0.05, 0.1) is 0 Å². The first-order valence-electron chi connectivity index (χ1n) is 3.60. The van der Waals surface area contributed by atoms with Crippen molar-refractivity contribution in [3.63, 3.8) is 0 Å². The quantitative estimate of drug-likeness (QED) is 0.488.